The third-order valence-corrected chi connectivity index (χ3v) is 8.92. The number of allylic oxidation sites excluding steroid dienone is 1. The van der Waals surface area contributed by atoms with Gasteiger partial charge in [0, 0.05) is 11.8 Å². The van der Waals surface area contributed by atoms with Gasteiger partial charge in [-0.3, -0.25) is 9.59 Å². The molecule has 0 amide bonds. The molecular formula is C21H28O3. The molecule has 4 fully saturated rings. The third kappa shape index (κ3) is 1.54. The molecule has 1 saturated heterocycles. The van der Waals surface area contributed by atoms with E-state index < -0.39 is 5.60 Å². The van der Waals surface area contributed by atoms with Gasteiger partial charge in [0.15, 0.2) is 17.2 Å². The van der Waals surface area contributed by atoms with Crippen LogP contribution in [0, 0.1) is 28.6 Å². The fourth-order valence-corrected chi connectivity index (χ4v) is 7.62. The summed E-state index contributed by atoms with van der Waals surface area (Å²) in [5, 5.41) is 0. The number of carbonyl (C=O) groups is 2. The molecule has 7 atom stereocenters. The van der Waals surface area contributed by atoms with E-state index in [2.05, 4.69) is 13.8 Å². The Morgan fingerprint density at radius 2 is 1.96 bits per heavy atom. The number of hydrogen-bond donors (Lipinski definition) is 0. The summed E-state index contributed by atoms with van der Waals surface area (Å²) in [4.78, 5) is 24.3. The van der Waals surface area contributed by atoms with Crippen molar-refractivity contribution in [3.05, 3.63) is 11.6 Å². The molecule has 1 heterocycles. The second-order valence-corrected chi connectivity index (χ2v) is 9.56. The first-order chi connectivity index (χ1) is 11.3. The summed E-state index contributed by atoms with van der Waals surface area (Å²) in [5.74, 6) is 2.58. The lowest BCUT2D eigenvalue weighted by Crippen LogP contribution is -2.54. The van der Waals surface area contributed by atoms with E-state index >= 15 is 0 Å². The molecule has 1 aliphatic heterocycles. The number of Topliss-reactive ketones (excluding diaryl/α,β-unsaturated/α-hetero) is 1. The second kappa shape index (κ2) is 4.41. The van der Waals surface area contributed by atoms with Crippen molar-refractivity contribution in [3.63, 3.8) is 0 Å². The number of fused-ring (bicyclic) bond motifs is 7. The fraction of sp³-hybridized carbons (Fsp3) is 0.810. The highest BCUT2D eigenvalue weighted by Crippen LogP contribution is 2.73. The van der Waals surface area contributed by atoms with Gasteiger partial charge in [0.1, 0.15) is 0 Å². The van der Waals surface area contributed by atoms with Crippen LogP contribution in [0.2, 0.25) is 0 Å². The maximum Gasteiger partial charge on any atom is 0.164 e. The number of epoxide rings is 1. The van der Waals surface area contributed by atoms with Crippen LogP contribution in [-0.4, -0.2) is 23.3 Å². The van der Waals surface area contributed by atoms with Crippen LogP contribution < -0.4 is 0 Å². The molecule has 0 bridgehead atoms. The van der Waals surface area contributed by atoms with Crippen molar-refractivity contribution in [2.24, 2.45) is 28.6 Å². The average Bonchev–Trinajstić information content (AvgIpc) is 3.21. The first kappa shape index (κ1) is 15.3. The highest BCUT2D eigenvalue weighted by atomic mass is 16.6. The molecular weight excluding hydrogens is 300 g/mol. The molecule has 0 aromatic rings. The van der Waals surface area contributed by atoms with Crippen molar-refractivity contribution in [1.29, 1.82) is 0 Å². The molecule has 6 unspecified atom stereocenters. The largest absolute Gasteiger partial charge is 0.357 e. The van der Waals surface area contributed by atoms with Crippen molar-refractivity contribution in [1.82, 2.24) is 0 Å². The molecule has 0 radical (unpaired) electrons. The van der Waals surface area contributed by atoms with Gasteiger partial charge < -0.3 is 4.74 Å². The molecule has 3 nitrogen and oxygen atoms in total. The molecule has 24 heavy (non-hydrogen) atoms. The lowest BCUT2D eigenvalue weighted by atomic mass is 9.46. The maximum atomic E-state index is 12.4. The quantitative estimate of drug-likeness (QED) is 0.687. The van der Waals surface area contributed by atoms with Crippen molar-refractivity contribution < 1.29 is 14.3 Å². The van der Waals surface area contributed by atoms with E-state index in [1.165, 1.54) is 18.4 Å². The minimum Gasteiger partial charge on any atom is -0.357 e. The minimum absolute atomic E-state index is 0.0345. The topological polar surface area (TPSA) is 46.7 Å². The van der Waals surface area contributed by atoms with Crippen molar-refractivity contribution in [2.75, 3.05) is 0 Å². The van der Waals surface area contributed by atoms with Crippen LogP contribution in [0.25, 0.3) is 0 Å². The van der Waals surface area contributed by atoms with Crippen LogP contribution in [0.1, 0.15) is 65.7 Å². The summed E-state index contributed by atoms with van der Waals surface area (Å²) in [7, 11) is 0. The predicted molar refractivity (Wildman–Crippen MR) is 90.4 cm³/mol. The van der Waals surface area contributed by atoms with Crippen LogP contribution in [0.5, 0.6) is 0 Å². The zero-order valence-electron chi connectivity index (χ0n) is 15.1. The van der Waals surface area contributed by atoms with E-state index in [-0.39, 0.29) is 22.7 Å². The standard InChI is InChI=1S/C21H28O3/c1-12(22)21-18(24-21)11-17-15-5-4-13-10-14(23)6-8-19(13,2)16(15)7-9-20(17,21)3/h10,15-18H,4-9,11H2,1-3H3/t15?,16?,17?,18-,19?,20?,21?/m1/s1. The van der Waals surface area contributed by atoms with Crippen molar-refractivity contribution in [2.45, 2.75) is 77.4 Å². The van der Waals surface area contributed by atoms with E-state index in [0.29, 0.717) is 30.0 Å². The Hall–Kier alpha value is -0.960. The first-order valence-corrected chi connectivity index (χ1v) is 9.76. The highest BCUT2D eigenvalue weighted by molar-refractivity contribution is 5.92. The third-order valence-electron chi connectivity index (χ3n) is 8.92. The molecule has 0 aromatic carbocycles. The molecule has 3 heteroatoms. The second-order valence-electron chi connectivity index (χ2n) is 9.56. The summed E-state index contributed by atoms with van der Waals surface area (Å²) >= 11 is 0. The van der Waals surface area contributed by atoms with Gasteiger partial charge in [-0.25, -0.2) is 0 Å². The summed E-state index contributed by atoms with van der Waals surface area (Å²) < 4.78 is 5.99. The van der Waals surface area contributed by atoms with Crippen molar-refractivity contribution >= 4 is 11.6 Å². The molecule has 5 aliphatic rings. The molecule has 130 valence electrons. The van der Waals surface area contributed by atoms with Gasteiger partial charge in [-0.15, -0.1) is 0 Å². The van der Waals surface area contributed by atoms with E-state index in [0.717, 1.165) is 25.7 Å². The Labute approximate surface area is 144 Å². The molecule has 3 saturated carbocycles. The highest BCUT2D eigenvalue weighted by Gasteiger charge is 2.79. The fourth-order valence-electron chi connectivity index (χ4n) is 7.62. The summed E-state index contributed by atoms with van der Waals surface area (Å²) in [6.07, 6.45) is 9.53. The first-order valence-electron chi connectivity index (χ1n) is 9.76. The Bertz CT molecular complexity index is 679. The monoisotopic (exact) mass is 328 g/mol. The van der Waals surface area contributed by atoms with Gasteiger partial charge in [-0.1, -0.05) is 19.4 Å². The number of ether oxygens (including phenoxy) is 1. The molecule has 0 N–H and O–H groups in total. The molecule has 0 spiro atoms. The van der Waals surface area contributed by atoms with Gasteiger partial charge >= 0.3 is 0 Å². The smallest absolute Gasteiger partial charge is 0.164 e. The Morgan fingerprint density at radius 1 is 1.17 bits per heavy atom. The van der Waals surface area contributed by atoms with E-state index in [9.17, 15) is 9.59 Å². The predicted octanol–water partition coefficient (Wildman–Crippen LogP) is 3.85. The number of hydrogen-bond acceptors (Lipinski definition) is 3. The van der Waals surface area contributed by atoms with Gasteiger partial charge in [0.2, 0.25) is 0 Å². The van der Waals surface area contributed by atoms with E-state index in [1.807, 2.05) is 6.08 Å². The average molecular weight is 328 g/mol. The minimum atomic E-state index is -0.456. The van der Waals surface area contributed by atoms with Gasteiger partial charge in [0.25, 0.3) is 0 Å². The van der Waals surface area contributed by atoms with Gasteiger partial charge in [-0.2, -0.15) is 0 Å². The number of carbonyl (C=O) groups excluding carboxylic acids is 2. The summed E-state index contributed by atoms with van der Waals surface area (Å²) in [6.45, 7) is 6.48. The molecule has 4 aliphatic carbocycles. The summed E-state index contributed by atoms with van der Waals surface area (Å²) in [5.41, 5.74) is 1.22. The Morgan fingerprint density at radius 3 is 2.71 bits per heavy atom. The van der Waals surface area contributed by atoms with Gasteiger partial charge in [0.05, 0.1) is 6.10 Å². The normalized spacial score (nSPS) is 55.0. The van der Waals surface area contributed by atoms with Crippen LogP contribution in [0.4, 0.5) is 0 Å². The van der Waals surface area contributed by atoms with Crippen molar-refractivity contribution in [3.8, 4) is 0 Å². The SMILES string of the molecule is CC(=O)C12O[C@@H]1CC1C3CCC4=CC(=O)CCC4(C)C3CCC12C. The zero-order chi connectivity index (χ0) is 16.9. The van der Waals surface area contributed by atoms with Crippen LogP contribution >= 0.6 is 0 Å². The van der Waals surface area contributed by atoms with E-state index in [1.54, 1.807) is 6.92 Å². The van der Waals surface area contributed by atoms with E-state index in [4.69, 9.17) is 4.74 Å². The Kier molecular flexibility index (Phi) is 2.81. The number of ketones is 2. The maximum absolute atomic E-state index is 12.4. The number of rotatable bonds is 1. The van der Waals surface area contributed by atoms with Gasteiger partial charge in [-0.05, 0) is 74.7 Å². The van der Waals surface area contributed by atoms with Crippen LogP contribution in [0.3, 0.4) is 0 Å². The zero-order valence-corrected chi connectivity index (χ0v) is 15.1. The van der Waals surface area contributed by atoms with Crippen LogP contribution in [0.15, 0.2) is 11.6 Å². The lowest BCUT2D eigenvalue weighted by molar-refractivity contribution is -0.136. The summed E-state index contributed by atoms with van der Waals surface area (Å²) in [6, 6.07) is 0. The Balaban J connectivity index is 1.52. The van der Waals surface area contributed by atoms with Crippen LogP contribution in [-0.2, 0) is 14.3 Å². The molecule has 5 rings (SSSR count). The molecule has 0 aromatic heterocycles. The lowest BCUT2D eigenvalue weighted by Gasteiger charge is -2.58.